The fraction of sp³-hybridized carbons (Fsp3) is 0.154. The molecule has 0 spiro atoms. The highest BCUT2D eigenvalue weighted by Crippen LogP contribution is 2.22. The number of carbonyl (C=O) groups excluding carboxylic acids is 1. The Bertz CT molecular complexity index is 518. The van der Waals surface area contributed by atoms with Gasteiger partial charge in [0.2, 0.25) is 0 Å². The number of benzene rings is 1. The molecule has 0 radical (unpaired) electrons. The van der Waals surface area contributed by atoms with Gasteiger partial charge in [-0.2, -0.15) is 0 Å². The number of hydrogen-bond donors (Lipinski definition) is 1. The topological polar surface area (TPSA) is 29.1 Å². The first kappa shape index (κ1) is 12.3. The third-order valence-corrected chi connectivity index (χ3v) is 4.34. The Morgan fingerprint density at radius 1 is 1.29 bits per heavy atom. The number of rotatable bonds is 3. The van der Waals surface area contributed by atoms with Crippen LogP contribution in [0.25, 0.3) is 0 Å². The third kappa shape index (κ3) is 3.17. The molecule has 0 fully saturated rings. The molecule has 1 aromatic carbocycles. The fourth-order valence-corrected chi connectivity index (χ4v) is 2.85. The zero-order valence-electron chi connectivity index (χ0n) is 9.37. The van der Waals surface area contributed by atoms with Crippen LogP contribution in [0.2, 0.25) is 0 Å². The van der Waals surface area contributed by atoms with Crippen molar-refractivity contribution >= 4 is 33.2 Å². The largest absolute Gasteiger partial charge is 0.347 e. The Balaban J connectivity index is 1.98. The molecule has 4 heteroatoms. The summed E-state index contributed by atoms with van der Waals surface area (Å²) in [6.45, 7) is 2.56. The molecule has 1 heterocycles. The van der Waals surface area contributed by atoms with Crippen LogP contribution in [0, 0.1) is 6.92 Å². The summed E-state index contributed by atoms with van der Waals surface area (Å²) in [4.78, 5) is 13.0. The van der Waals surface area contributed by atoms with Crippen LogP contribution in [0.3, 0.4) is 0 Å². The lowest BCUT2D eigenvalue weighted by molar-refractivity contribution is 0.0951. The molecule has 0 atom stereocenters. The lowest BCUT2D eigenvalue weighted by Crippen LogP contribution is -2.22. The number of aryl methyl sites for hydroxylation is 1. The van der Waals surface area contributed by atoms with Crippen molar-refractivity contribution in [2.75, 3.05) is 0 Å². The Morgan fingerprint density at radius 2 is 2.00 bits per heavy atom. The highest BCUT2D eigenvalue weighted by Gasteiger charge is 2.06. The van der Waals surface area contributed by atoms with E-state index in [1.54, 1.807) is 11.3 Å². The molecular formula is C13H12BrNOS. The molecule has 0 aliphatic heterocycles. The molecule has 0 aliphatic carbocycles. The average molecular weight is 310 g/mol. The van der Waals surface area contributed by atoms with Crippen LogP contribution in [-0.2, 0) is 6.54 Å². The standard InChI is InChI=1S/C13H12BrNOS/c1-9-2-4-10(5-3-9)13(16)15-8-12-11(14)6-7-17-12/h2-7H,8H2,1H3,(H,15,16). The van der Waals surface area contributed by atoms with Gasteiger partial charge >= 0.3 is 0 Å². The monoisotopic (exact) mass is 309 g/mol. The van der Waals surface area contributed by atoms with Gasteiger partial charge in [-0.1, -0.05) is 17.7 Å². The van der Waals surface area contributed by atoms with Crippen LogP contribution in [0.15, 0.2) is 40.2 Å². The molecule has 0 unspecified atom stereocenters. The van der Waals surface area contributed by atoms with E-state index in [1.165, 1.54) is 0 Å². The third-order valence-electron chi connectivity index (χ3n) is 2.41. The minimum absolute atomic E-state index is 0.0368. The van der Waals surface area contributed by atoms with Crippen LogP contribution in [0.1, 0.15) is 20.8 Å². The van der Waals surface area contributed by atoms with Crippen LogP contribution in [-0.4, -0.2) is 5.91 Å². The summed E-state index contributed by atoms with van der Waals surface area (Å²) >= 11 is 5.07. The zero-order valence-corrected chi connectivity index (χ0v) is 11.8. The molecule has 1 amide bonds. The number of nitrogens with one attached hydrogen (secondary N) is 1. The van der Waals surface area contributed by atoms with Gasteiger partial charge in [0.1, 0.15) is 0 Å². The first-order chi connectivity index (χ1) is 8.16. The second-order valence-corrected chi connectivity index (χ2v) is 5.60. The maximum absolute atomic E-state index is 11.8. The second kappa shape index (κ2) is 5.47. The van der Waals surface area contributed by atoms with Crippen LogP contribution >= 0.6 is 27.3 Å². The predicted molar refractivity (Wildman–Crippen MR) is 74.4 cm³/mol. The average Bonchev–Trinajstić information content (AvgIpc) is 2.73. The molecule has 0 saturated carbocycles. The van der Waals surface area contributed by atoms with Crippen molar-refractivity contribution in [2.24, 2.45) is 0 Å². The first-order valence-electron chi connectivity index (χ1n) is 5.23. The Hall–Kier alpha value is -1.13. The molecule has 2 aromatic rings. The van der Waals surface area contributed by atoms with Gasteiger partial charge in [-0.25, -0.2) is 0 Å². The molecule has 1 N–H and O–H groups in total. The summed E-state index contributed by atoms with van der Waals surface area (Å²) in [5, 5.41) is 4.90. The minimum Gasteiger partial charge on any atom is -0.347 e. The van der Waals surface area contributed by atoms with E-state index in [1.807, 2.05) is 42.6 Å². The summed E-state index contributed by atoms with van der Waals surface area (Å²) in [6, 6.07) is 9.55. The number of thiophene rings is 1. The van der Waals surface area contributed by atoms with E-state index in [0.717, 1.165) is 14.9 Å². The van der Waals surface area contributed by atoms with Gasteiger partial charge in [0, 0.05) is 14.9 Å². The van der Waals surface area contributed by atoms with Gasteiger partial charge in [0.05, 0.1) is 6.54 Å². The molecule has 2 rings (SSSR count). The summed E-state index contributed by atoms with van der Waals surface area (Å²) in [5.74, 6) is -0.0368. The lowest BCUT2D eigenvalue weighted by atomic mass is 10.1. The maximum atomic E-state index is 11.8. The highest BCUT2D eigenvalue weighted by atomic mass is 79.9. The predicted octanol–water partition coefficient (Wildman–Crippen LogP) is 3.75. The van der Waals surface area contributed by atoms with Crippen LogP contribution in [0.4, 0.5) is 0 Å². The van der Waals surface area contributed by atoms with E-state index in [2.05, 4.69) is 21.2 Å². The van der Waals surface area contributed by atoms with Gasteiger partial charge in [-0.05, 0) is 46.4 Å². The molecule has 0 saturated heterocycles. The quantitative estimate of drug-likeness (QED) is 0.919. The van der Waals surface area contributed by atoms with E-state index >= 15 is 0 Å². The van der Waals surface area contributed by atoms with Crippen molar-refractivity contribution < 1.29 is 4.79 Å². The van der Waals surface area contributed by atoms with Crippen molar-refractivity contribution in [3.63, 3.8) is 0 Å². The van der Waals surface area contributed by atoms with Crippen LogP contribution in [0.5, 0.6) is 0 Å². The first-order valence-corrected chi connectivity index (χ1v) is 6.91. The van der Waals surface area contributed by atoms with E-state index < -0.39 is 0 Å². The van der Waals surface area contributed by atoms with E-state index in [0.29, 0.717) is 12.1 Å². The normalized spacial score (nSPS) is 10.2. The fourth-order valence-electron chi connectivity index (χ4n) is 1.42. The summed E-state index contributed by atoms with van der Waals surface area (Å²) < 4.78 is 1.05. The molecule has 0 bridgehead atoms. The van der Waals surface area contributed by atoms with Crippen molar-refractivity contribution in [2.45, 2.75) is 13.5 Å². The summed E-state index contributed by atoms with van der Waals surface area (Å²) in [5.41, 5.74) is 1.85. The van der Waals surface area contributed by atoms with Gasteiger partial charge in [0.15, 0.2) is 0 Å². The maximum Gasteiger partial charge on any atom is 0.251 e. The molecule has 2 nitrogen and oxygen atoms in total. The molecular weight excluding hydrogens is 298 g/mol. The smallest absolute Gasteiger partial charge is 0.251 e. The minimum atomic E-state index is -0.0368. The van der Waals surface area contributed by atoms with Gasteiger partial charge in [0.25, 0.3) is 5.91 Å². The van der Waals surface area contributed by atoms with Crippen LogP contribution < -0.4 is 5.32 Å². The summed E-state index contributed by atoms with van der Waals surface area (Å²) in [6.07, 6.45) is 0. The highest BCUT2D eigenvalue weighted by molar-refractivity contribution is 9.10. The van der Waals surface area contributed by atoms with Crippen molar-refractivity contribution in [1.29, 1.82) is 0 Å². The number of amides is 1. The van der Waals surface area contributed by atoms with E-state index in [9.17, 15) is 4.79 Å². The molecule has 1 aromatic heterocycles. The second-order valence-electron chi connectivity index (χ2n) is 3.74. The SMILES string of the molecule is Cc1ccc(C(=O)NCc2sccc2Br)cc1. The van der Waals surface area contributed by atoms with E-state index in [-0.39, 0.29) is 5.91 Å². The summed E-state index contributed by atoms with van der Waals surface area (Å²) in [7, 11) is 0. The Morgan fingerprint density at radius 3 is 2.59 bits per heavy atom. The molecule has 0 aliphatic rings. The van der Waals surface area contributed by atoms with E-state index in [4.69, 9.17) is 0 Å². The van der Waals surface area contributed by atoms with Gasteiger partial charge in [-0.3, -0.25) is 4.79 Å². The van der Waals surface area contributed by atoms with Gasteiger partial charge < -0.3 is 5.32 Å². The van der Waals surface area contributed by atoms with Gasteiger partial charge in [-0.15, -0.1) is 11.3 Å². The Labute approximate surface area is 113 Å². The van der Waals surface area contributed by atoms with Crippen molar-refractivity contribution in [1.82, 2.24) is 5.32 Å². The number of carbonyl (C=O) groups is 1. The van der Waals surface area contributed by atoms with Crippen molar-refractivity contribution in [3.05, 3.63) is 56.2 Å². The molecule has 17 heavy (non-hydrogen) atoms. The number of hydrogen-bond acceptors (Lipinski definition) is 2. The van der Waals surface area contributed by atoms with Crippen molar-refractivity contribution in [3.8, 4) is 0 Å². The Kier molecular flexibility index (Phi) is 3.97. The number of halogens is 1. The molecule has 88 valence electrons. The lowest BCUT2D eigenvalue weighted by Gasteiger charge is -2.04. The zero-order chi connectivity index (χ0) is 12.3.